The monoisotopic (exact) mass is 312 g/mol. The minimum Gasteiger partial charge on any atom is -0.507 e. The fourth-order valence-electron chi connectivity index (χ4n) is 3.96. The lowest BCUT2D eigenvalue weighted by Gasteiger charge is -2.28. The highest BCUT2D eigenvalue weighted by atomic mass is 16.3. The predicted octanol–water partition coefficient (Wildman–Crippen LogP) is 4.72. The summed E-state index contributed by atoms with van der Waals surface area (Å²) < 4.78 is 0. The number of hydrogen-bond donors (Lipinski definition) is 1. The molecule has 23 heavy (non-hydrogen) atoms. The second-order valence-electron chi connectivity index (χ2n) is 6.95. The molecule has 0 unspecified atom stereocenters. The molecule has 0 saturated heterocycles. The van der Waals surface area contributed by atoms with Crippen molar-refractivity contribution in [3.63, 3.8) is 0 Å². The molecule has 122 valence electrons. The standard InChI is InChI=1S/C20H24O3/c1-13(14-7-3-2-4-8-14)11-12-17-18(21)15-9-5-6-10-16(15)19(22)20(17)23/h5-6,9-10,13-14,21H,2-4,7-8,11-12H2,1H3/t13-/m1/s1. The van der Waals surface area contributed by atoms with Gasteiger partial charge in [0.1, 0.15) is 5.76 Å². The zero-order valence-electron chi connectivity index (χ0n) is 13.7. The topological polar surface area (TPSA) is 54.4 Å². The van der Waals surface area contributed by atoms with Gasteiger partial charge in [0.05, 0.1) is 0 Å². The molecule has 2 aliphatic carbocycles. The Morgan fingerprint density at radius 3 is 2.39 bits per heavy atom. The number of allylic oxidation sites excluding steroid dienone is 1. The maximum atomic E-state index is 12.3. The van der Waals surface area contributed by atoms with Crippen LogP contribution in [-0.2, 0) is 4.79 Å². The molecule has 1 saturated carbocycles. The van der Waals surface area contributed by atoms with E-state index in [1.165, 1.54) is 32.1 Å². The second-order valence-corrected chi connectivity index (χ2v) is 6.95. The first-order valence-corrected chi connectivity index (χ1v) is 8.70. The lowest BCUT2D eigenvalue weighted by Crippen LogP contribution is -2.25. The van der Waals surface area contributed by atoms with Crippen LogP contribution in [0.5, 0.6) is 0 Å². The molecule has 0 aromatic heterocycles. The molecule has 1 fully saturated rings. The van der Waals surface area contributed by atoms with E-state index in [0.29, 0.717) is 35.0 Å². The first kappa shape index (κ1) is 16.0. The highest BCUT2D eigenvalue weighted by Gasteiger charge is 2.32. The summed E-state index contributed by atoms with van der Waals surface area (Å²) in [6.45, 7) is 2.23. The number of aliphatic hydroxyl groups is 1. The normalized spacial score (nSPS) is 20.6. The molecule has 1 aromatic rings. The van der Waals surface area contributed by atoms with Gasteiger partial charge in [0.2, 0.25) is 11.6 Å². The van der Waals surface area contributed by atoms with Gasteiger partial charge in [0, 0.05) is 16.7 Å². The molecule has 0 bridgehead atoms. The Morgan fingerprint density at radius 2 is 1.70 bits per heavy atom. The van der Waals surface area contributed by atoms with Gasteiger partial charge < -0.3 is 5.11 Å². The third kappa shape index (κ3) is 3.10. The van der Waals surface area contributed by atoms with Crippen LogP contribution in [0.15, 0.2) is 29.8 Å². The van der Waals surface area contributed by atoms with Crippen molar-refractivity contribution in [1.82, 2.24) is 0 Å². The van der Waals surface area contributed by atoms with Crippen LogP contribution in [-0.4, -0.2) is 16.7 Å². The lowest BCUT2D eigenvalue weighted by molar-refractivity contribution is -0.112. The Balaban J connectivity index is 1.76. The van der Waals surface area contributed by atoms with Crippen molar-refractivity contribution in [1.29, 1.82) is 0 Å². The lowest BCUT2D eigenvalue weighted by atomic mass is 9.77. The van der Waals surface area contributed by atoms with Gasteiger partial charge in [0.15, 0.2) is 0 Å². The van der Waals surface area contributed by atoms with Gasteiger partial charge >= 0.3 is 0 Å². The fraction of sp³-hybridized carbons (Fsp3) is 0.500. The molecule has 0 radical (unpaired) electrons. The molecule has 0 aliphatic heterocycles. The van der Waals surface area contributed by atoms with Crippen LogP contribution in [0.1, 0.15) is 67.8 Å². The summed E-state index contributed by atoms with van der Waals surface area (Å²) in [5.41, 5.74) is 1.12. The molecule has 1 aromatic carbocycles. The summed E-state index contributed by atoms with van der Waals surface area (Å²) >= 11 is 0. The summed E-state index contributed by atoms with van der Waals surface area (Å²) in [6.07, 6.45) is 7.80. The fourth-order valence-corrected chi connectivity index (χ4v) is 3.96. The number of fused-ring (bicyclic) bond motifs is 1. The Kier molecular flexibility index (Phi) is 4.65. The third-order valence-electron chi connectivity index (χ3n) is 5.50. The van der Waals surface area contributed by atoms with Crippen molar-refractivity contribution in [2.24, 2.45) is 11.8 Å². The van der Waals surface area contributed by atoms with Crippen LogP contribution >= 0.6 is 0 Å². The zero-order valence-corrected chi connectivity index (χ0v) is 13.7. The number of rotatable bonds is 4. The van der Waals surface area contributed by atoms with Crippen molar-refractivity contribution in [3.8, 4) is 0 Å². The van der Waals surface area contributed by atoms with Gasteiger partial charge in [-0.15, -0.1) is 0 Å². The molecular weight excluding hydrogens is 288 g/mol. The predicted molar refractivity (Wildman–Crippen MR) is 90.3 cm³/mol. The second kappa shape index (κ2) is 6.69. The molecule has 3 rings (SSSR count). The van der Waals surface area contributed by atoms with E-state index in [4.69, 9.17) is 0 Å². The number of ketones is 2. The maximum Gasteiger partial charge on any atom is 0.234 e. The SMILES string of the molecule is C[C@H](CCC1=C(O)c2ccccc2C(=O)C1=O)C1CCCCC1. The minimum atomic E-state index is -0.531. The first-order valence-electron chi connectivity index (χ1n) is 8.70. The van der Waals surface area contributed by atoms with E-state index in [-0.39, 0.29) is 5.76 Å². The van der Waals surface area contributed by atoms with E-state index in [1.54, 1.807) is 24.3 Å². The van der Waals surface area contributed by atoms with E-state index in [1.807, 2.05) is 0 Å². The van der Waals surface area contributed by atoms with Crippen LogP contribution < -0.4 is 0 Å². The molecule has 1 N–H and O–H groups in total. The maximum absolute atomic E-state index is 12.3. The number of hydrogen-bond acceptors (Lipinski definition) is 3. The number of Topliss-reactive ketones (excluding diaryl/α,β-unsaturated/α-hetero) is 2. The van der Waals surface area contributed by atoms with Crippen molar-refractivity contribution in [2.75, 3.05) is 0 Å². The molecule has 2 aliphatic rings. The number of carbonyl (C=O) groups is 2. The number of carbonyl (C=O) groups excluding carboxylic acids is 2. The van der Waals surface area contributed by atoms with Crippen molar-refractivity contribution >= 4 is 17.3 Å². The largest absolute Gasteiger partial charge is 0.507 e. The van der Waals surface area contributed by atoms with Gasteiger partial charge in [-0.05, 0) is 24.7 Å². The highest BCUT2D eigenvalue weighted by Crippen LogP contribution is 2.35. The molecule has 0 amide bonds. The van der Waals surface area contributed by atoms with Gasteiger partial charge in [-0.3, -0.25) is 9.59 Å². The van der Waals surface area contributed by atoms with Crippen LogP contribution in [0, 0.1) is 11.8 Å². The summed E-state index contributed by atoms with van der Waals surface area (Å²) in [5.74, 6) is 0.223. The Labute approximate surface area is 137 Å². The molecule has 3 nitrogen and oxygen atoms in total. The summed E-state index contributed by atoms with van der Waals surface area (Å²) in [4.78, 5) is 24.5. The Morgan fingerprint density at radius 1 is 1.04 bits per heavy atom. The molecule has 1 atom stereocenters. The molecular formula is C20H24O3. The Hall–Kier alpha value is -1.90. The van der Waals surface area contributed by atoms with E-state index in [0.717, 1.165) is 6.42 Å². The Bertz CT molecular complexity index is 651. The van der Waals surface area contributed by atoms with Gasteiger partial charge in [-0.25, -0.2) is 0 Å². The highest BCUT2D eigenvalue weighted by molar-refractivity contribution is 6.52. The van der Waals surface area contributed by atoms with E-state index in [2.05, 4.69) is 6.92 Å². The van der Waals surface area contributed by atoms with Crippen LogP contribution in [0.2, 0.25) is 0 Å². The smallest absolute Gasteiger partial charge is 0.234 e. The van der Waals surface area contributed by atoms with E-state index >= 15 is 0 Å². The molecule has 0 spiro atoms. The number of benzene rings is 1. The third-order valence-corrected chi connectivity index (χ3v) is 5.50. The van der Waals surface area contributed by atoms with Crippen molar-refractivity contribution in [3.05, 3.63) is 41.0 Å². The summed E-state index contributed by atoms with van der Waals surface area (Å²) in [6, 6.07) is 6.81. The van der Waals surface area contributed by atoms with Crippen LogP contribution in [0.25, 0.3) is 5.76 Å². The summed E-state index contributed by atoms with van der Waals surface area (Å²) in [7, 11) is 0. The minimum absolute atomic E-state index is 0.000967. The van der Waals surface area contributed by atoms with Crippen LogP contribution in [0.4, 0.5) is 0 Å². The van der Waals surface area contributed by atoms with Gasteiger partial charge in [-0.1, -0.05) is 63.3 Å². The summed E-state index contributed by atoms with van der Waals surface area (Å²) in [5, 5.41) is 10.4. The van der Waals surface area contributed by atoms with Gasteiger partial charge in [-0.2, -0.15) is 0 Å². The average molecular weight is 312 g/mol. The first-order chi connectivity index (χ1) is 11.1. The average Bonchev–Trinajstić information content (AvgIpc) is 2.60. The quantitative estimate of drug-likeness (QED) is 0.819. The molecule has 3 heteroatoms. The zero-order chi connectivity index (χ0) is 16.4. The molecule has 0 heterocycles. The van der Waals surface area contributed by atoms with E-state index in [9.17, 15) is 14.7 Å². The number of aliphatic hydroxyl groups excluding tert-OH is 1. The van der Waals surface area contributed by atoms with E-state index < -0.39 is 11.6 Å². The van der Waals surface area contributed by atoms with Crippen LogP contribution in [0.3, 0.4) is 0 Å². The van der Waals surface area contributed by atoms with Crippen molar-refractivity contribution < 1.29 is 14.7 Å². The van der Waals surface area contributed by atoms with Gasteiger partial charge in [0.25, 0.3) is 0 Å². The van der Waals surface area contributed by atoms with Crippen molar-refractivity contribution in [2.45, 2.75) is 51.9 Å².